The third-order valence-corrected chi connectivity index (χ3v) is 3.29. The molecule has 0 unspecified atom stereocenters. The third-order valence-electron chi connectivity index (χ3n) is 3.29. The number of methoxy groups -OCH3 is 1. The SMILES string of the molecule is COC(=O)c1ccc(NC(=O)COCCOC(=O)c2ccccc2)cc1. The molecule has 7 nitrogen and oxygen atoms in total. The molecule has 1 N–H and O–H groups in total. The lowest BCUT2D eigenvalue weighted by molar-refractivity contribution is -0.120. The lowest BCUT2D eigenvalue weighted by Gasteiger charge is -2.08. The highest BCUT2D eigenvalue weighted by molar-refractivity contribution is 5.93. The third kappa shape index (κ3) is 6.03. The number of hydrogen-bond donors (Lipinski definition) is 1. The molecular weight excluding hydrogens is 338 g/mol. The first-order valence-electron chi connectivity index (χ1n) is 7.88. The minimum absolute atomic E-state index is 0.0504. The van der Waals surface area contributed by atoms with Gasteiger partial charge in [0, 0.05) is 5.69 Å². The van der Waals surface area contributed by atoms with Crippen molar-refractivity contribution in [3.63, 3.8) is 0 Å². The molecule has 2 aromatic carbocycles. The standard InChI is InChI=1S/C19H19NO6/c1-24-18(22)15-7-9-16(10-8-15)20-17(21)13-25-11-12-26-19(23)14-5-3-2-4-6-14/h2-10H,11-13H2,1H3,(H,20,21). The number of ether oxygens (including phenoxy) is 3. The monoisotopic (exact) mass is 357 g/mol. The summed E-state index contributed by atoms with van der Waals surface area (Å²) in [5.41, 5.74) is 1.38. The van der Waals surface area contributed by atoms with Crippen LogP contribution in [0.4, 0.5) is 5.69 Å². The molecule has 136 valence electrons. The summed E-state index contributed by atoms with van der Waals surface area (Å²) in [6.07, 6.45) is 0. The predicted octanol–water partition coefficient (Wildman–Crippen LogP) is 2.29. The van der Waals surface area contributed by atoms with E-state index in [2.05, 4.69) is 10.1 Å². The number of anilines is 1. The Morgan fingerprint density at radius 3 is 2.15 bits per heavy atom. The zero-order valence-electron chi connectivity index (χ0n) is 14.3. The fourth-order valence-corrected chi connectivity index (χ4v) is 2.02. The van der Waals surface area contributed by atoms with Crippen molar-refractivity contribution in [1.82, 2.24) is 0 Å². The van der Waals surface area contributed by atoms with Gasteiger partial charge in [-0.05, 0) is 36.4 Å². The highest BCUT2D eigenvalue weighted by Crippen LogP contribution is 2.10. The van der Waals surface area contributed by atoms with Crippen LogP contribution in [-0.2, 0) is 19.0 Å². The van der Waals surface area contributed by atoms with Gasteiger partial charge in [-0.1, -0.05) is 18.2 Å². The van der Waals surface area contributed by atoms with Crippen molar-refractivity contribution >= 4 is 23.5 Å². The topological polar surface area (TPSA) is 90.9 Å². The van der Waals surface area contributed by atoms with Crippen LogP contribution < -0.4 is 5.32 Å². The zero-order valence-corrected chi connectivity index (χ0v) is 14.3. The Hall–Kier alpha value is -3.19. The number of benzene rings is 2. The summed E-state index contributed by atoms with van der Waals surface area (Å²) in [6.45, 7) is -0.0241. The normalized spacial score (nSPS) is 10.0. The van der Waals surface area contributed by atoms with Gasteiger partial charge in [0.25, 0.3) is 0 Å². The van der Waals surface area contributed by atoms with Crippen molar-refractivity contribution in [2.75, 3.05) is 32.2 Å². The Morgan fingerprint density at radius 2 is 1.50 bits per heavy atom. The van der Waals surface area contributed by atoms with E-state index in [1.165, 1.54) is 7.11 Å². The second kappa shape index (κ2) is 9.95. The summed E-state index contributed by atoms with van der Waals surface area (Å²) >= 11 is 0. The smallest absolute Gasteiger partial charge is 0.338 e. The quantitative estimate of drug-likeness (QED) is 0.576. The van der Waals surface area contributed by atoms with Gasteiger partial charge in [-0.2, -0.15) is 0 Å². The van der Waals surface area contributed by atoms with E-state index in [1.54, 1.807) is 48.5 Å². The van der Waals surface area contributed by atoms with Crippen molar-refractivity contribution < 1.29 is 28.6 Å². The van der Waals surface area contributed by atoms with Gasteiger partial charge in [-0.3, -0.25) is 4.79 Å². The van der Waals surface area contributed by atoms with Crippen LogP contribution in [0.3, 0.4) is 0 Å². The van der Waals surface area contributed by atoms with Crippen molar-refractivity contribution in [2.45, 2.75) is 0 Å². The van der Waals surface area contributed by atoms with E-state index < -0.39 is 11.9 Å². The molecular formula is C19H19NO6. The first-order valence-corrected chi connectivity index (χ1v) is 7.88. The van der Waals surface area contributed by atoms with Gasteiger partial charge in [-0.25, -0.2) is 9.59 Å². The van der Waals surface area contributed by atoms with E-state index in [-0.39, 0.29) is 25.7 Å². The number of esters is 2. The lowest BCUT2D eigenvalue weighted by Crippen LogP contribution is -2.20. The number of hydrogen-bond acceptors (Lipinski definition) is 6. The van der Waals surface area contributed by atoms with Crippen molar-refractivity contribution in [3.8, 4) is 0 Å². The van der Waals surface area contributed by atoms with Crippen LogP contribution in [0.15, 0.2) is 54.6 Å². The van der Waals surface area contributed by atoms with Crippen LogP contribution >= 0.6 is 0 Å². The Labute approximate surface area is 150 Å². The van der Waals surface area contributed by atoms with Crippen LogP contribution in [0.5, 0.6) is 0 Å². The van der Waals surface area contributed by atoms with Gasteiger partial charge in [-0.15, -0.1) is 0 Å². The first-order chi connectivity index (χ1) is 12.6. The molecule has 0 saturated carbocycles. The molecule has 7 heteroatoms. The van der Waals surface area contributed by atoms with Gasteiger partial charge >= 0.3 is 11.9 Å². The summed E-state index contributed by atoms with van der Waals surface area (Å²) in [7, 11) is 1.30. The Balaban J connectivity index is 1.64. The summed E-state index contributed by atoms with van der Waals surface area (Å²) in [5.74, 6) is -1.24. The molecule has 26 heavy (non-hydrogen) atoms. The molecule has 0 aliphatic rings. The van der Waals surface area contributed by atoms with Crippen LogP contribution in [0.25, 0.3) is 0 Å². The minimum Gasteiger partial charge on any atom is -0.465 e. The average Bonchev–Trinajstić information content (AvgIpc) is 2.68. The zero-order chi connectivity index (χ0) is 18.8. The summed E-state index contributed by atoms with van der Waals surface area (Å²) in [6, 6.07) is 14.9. The summed E-state index contributed by atoms with van der Waals surface area (Å²) < 4.78 is 14.8. The molecule has 0 saturated heterocycles. The fourth-order valence-electron chi connectivity index (χ4n) is 2.02. The predicted molar refractivity (Wildman–Crippen MR) is 94.0 cm³/mol. The van der Waals surface area contributed by atoms with Crippen LogP contribution in [0, 0.1) is 0 Å². The average molecular weight is 357 g/mol. The van der Waals surface area contributed by atoms with Gasteiger partial charge in [0.05, 0.1) is 24.8 Å². The molecule has 0 radical (unpaired) electrons. The van der Waals surface area contributed by atoms with E-state index >= 15 is 0 Å². The molecule has 2 aromatic rings. The molecule has 0 aliphatic carbocycles. The number of carbonyl (C=O) groups excluding carboxylic acids is 3. The van der Waals surface area contributed by atoms with E-state index in [4.69, 9.17) is 9.47 Å². The number of nitrogens with one attached hydrogen (secondary N) is 1. The minimum atomic E-state index is -0.448. The van der Waals surface area contributed by atoms with Crippen molar-refractivity contribution in [1.29, 1.82) is 0 Å². The number of carbonyl (C=O) groups is 3. The Bertz CT molecular complexity index is 742. The van der Waals surface area contributed by atoms with Crippen molar-refractivity contribution in [3.05, 3.63) is 65.7 Å². The van der Waals surface area contributed by atoms with Gasteiger partial charge < -0.3 is 19.5 Å². The molecule has 0 aromatic heterocycles. The first kappa shape index (κ1) is 19.1. The van der Waals surface area contributed by atoms with Crippen LogP contribution in [0.1, 0.15) is 20.7 Å². The Kier molecular flexibility index (Phi) is 7.32. The van der Waals surface area contributed by atoms with Gasteiger partial charge in [0.15, 0.2) is 0 Å². The maximum Gasteiger partial charge on any atom is 0.338 e. The van der Waals surface area contributed by atoms with Crippen molar-refractivity contribution in [2.24, 2.45) is 0 Å². The van der Waals surface area contributed by atoms with Gasteiger partial charge in [0.1, 0.15) is 13.2 Å². The molecule has 0 aliphatic heterocycles. The Morgan fingerprint density at radius 1 is 0.846 bits per heavy atom. The lowest BCUT2D eigenvalue weighted by atomic mass is 10.2. The molecule has 0 spiro atoms. The maximum absolute atomic E-state index is 11.8. The van der Waals surface area contributed by atoms with Crippen LogP contribution in [-0.4, -0.2) is 44.8 Å². The maximum atomic E-state index is 11.8. The van der Waals surface area contributed by atoms with Gasteiger partial charge in [0.2, 0.25) is 5.91 Å². The highest BCUT2D eigenvalue weighted by Gasteiger charge is 2.08. The molecule has 1 amide bonds. The van der Waals surface area contributed by atoms with E-state index in [0.717, 1.165) is 0 Å². The fraction of sp³-hybridized carbons (Fsp3) is 0.211. The highest BCUT2D eigenvalue weighted by atomic mass is 16.6. The van der Waals surface area contributed by atoms with E-state index in [1.807, 2.05) is 6.07 Å². The van der Waals surface area contributed by atoms with E-state index in [9.17, 15) is 14.4 Å². The largest absolute Gasteiger partial charge is 0.465 e. The summed E-state index contributed by atoms with van der Waals surface area (Å²) in [4.78, 5) is 34.8. The number of rotatable bonds is 8. The molecule has 0 bridgehead atoms. The number of amides is 1. The molecule has 2 rings (SSSR count). The molecule has 0 fully saturated rings. The molecule has 0 atom stereocenters. The van der Waals surface area contributed by atoms with Crippen LogP contribution in [0.2, 0.25) is 0 Å². The summed E-state index contributed by atoms with van der Waals surface area (Å²) in [5, 5.41) is 2.63. The van der Waals surface area contributed by atoms with E-state index in [0.29, 0.717) is 16.8 Å². The second-order valence-corrected chi connectivity index (χ2v) is 5.17. The second-order valence-electron chi connectivity index (χ2n) is 5.17. The molecule has 0 heterocycles.